The van der Waals surface area contributed by atoms with E-state index in [0.29, 0.717) is 24.6 Å². The number of furan rings is 1. The number of carbonyl (C=O) groups excluding carboxylic acids is 1. The number of ether oxygens (including phenoxy) is 1. The minimum atomic E-state index is -3.64. The number of nitrogens with one attached hydrogen (secondary N) is 1. The van der Waals surface area contributed by atoms with E-state index >= 15 is 0 Å². The maximum absolute atomic E-state index is 12.7. The van der Waals surface area contributed by atoms with Crippen molar-refractivity contribution in [3.05, 3.63) is 41.9 Å². The van der Waals surface area contributed by atoms with Gasteiger partial charge in [0.1, 0.15) is 11.5 Å². The Morgan fingerprint density at radius 2 is 1.88 bits per heavy atom. The summed E-state index contributed by atoms with van der Waals surface area (Å²) in [4.78, 5) is 12.4. The molecule has 0 aliphatic rings. The number of carbonyl (C=O) groups is 1. The van der Waals surface area contributed by atoms with Crippen LogP contribution in [0.4, 0.5) is 5.69 Å². The summed E-state index contributed by atoms with van der Waals surface area (Å²) in [7, 11) is -2.20. The highest BCUT2D eigenvalue weighted by Gasteiger charge is 2.23. The van der Waals surface area contributed by atoms with Gasteiger partial charge in [0.25, 0.3) is 5.91 Å². The number of hydrogen-bond acceptors (Lipinski definition) is 5. The number of aryl methyl sites for hydroxylation is 1. The Kier molecular flexibility index (Phi) is 5.86. The van der Waals surface area contributed by atoms with Gasteiger partial charge in [-0.25, -0.2) is 8.42 Å². The smallest absolute Gasteiger partial charge is 0.291 e. The first-order valence-electron chi connectivity index (χ1n) is 7.89. The predicted octanol–water partition coefficient (Wildman–Crippen LogP) is 2.88. The van der Waals surface area contributed by atoms with E-state index < -0.39 is 15.9 Å². The lowest BCUT2D eigenvalue weighted by Crippen LogP contribution is -2.30. The number of methoxy groups -OCH3 is 1. The minimum Gasteiger partial charge on any atom is -0.495 e. The molecule has 0 radical (unpaired) electrons. The molecule has 0 saturated heterocycles. The lowest BCUT2D eigenvalue weighted by atomic mass is 10.3. The Bertz CT molecular complexity index is 854. The molecule has 0 unspecified atom stereocenters. The third-order valence-corrected chi connectivity index (χ3v) is 5.77. The van der Waals surface area contributed by atoms with Gasteiger partial charge < -0.3 is 14.5 Å². The van der Waals surface area contributed by atoms with Crippen LogP contribution in [-0.2, 0) is 10.0 Å². The second-order valence-electron chi connectivity index (χ2n) is 5.32. The van der Waals surface area contributed by atoms with Gasteiger partial charge in [-0.15, -0.1) is 0 Å². The molecule has 1 aromatic heterocycles. The average Bonchev–Trinajstić information content (AvgIpc) is 3.02. The number of anilines is 1. The van der Waals surface area contributed by atoms with Gasteiger partial charge in [0.05, 0.1) is 17.7 Å². The maximum atomic E-state index is 12.7. The summed E-state index contributed by atoms with van der Waals surface area (Å²) >= 11 is 0. The molecule has 0 aliphatic heterocycles. The fourth-order valence-corrected chi connectivity index (χ4v) is 3.88. The molecule has 1 amide bonds. The second-order valence-corrected chi connectivity index (χ2v) is 7.25. The van der Waals surface area contributed by atoms with Gasteiger partial charge in [0.15, 0.2) is 5.76 Å². The zero-order chi connectivity index (χ0) is 18.6. The van der Waals surface area contributed by atoms with Crippen LogP contribution in [0.25, 0.3) is 0 Å². The normalized spacial score (nSPS) is 11.6. The van der Waals surface area contributed by atoms with Crippen molar-refractivity contribution in [2.24, 2.45) is 0 Å². The zero-order valence-corrected chi connectivity index (χ0v) is 15.5. The summed E-state index contributed by atoms with van der Waals surface area (Å²) in [5, 5.41) is 2.64. The van der Waals surface area contributed by atoms with Gasteiger partial charge in [-0.1, -0.05) is 13.8 Å². The van der Waals surface area contributed by atoms with E-state index in [2.05, 4.69) is 5.32 Å². The van der Waals surface area contributed by atoms with Crippen molar-refractivity contribution in [3.63, 3.8) is 0 Å². The van der Waals surface area contributed by atoms with E-state index in [0.717, 1.165) is 0 Å². The Morgan fingerprint density at radius 3 is 2.40 bits per heavy atom. The number of nitrogens with zero attached hydrogens (tertiary/aromatic N) is 1. The molecule has 0 saturated carbocycles. The molecule has 8 heteroatoms. The predicted molar refractivity (Wildman–Crippen MR) is 94.5 cm³/mol. The van der Waals surface area contributed by atoms with Crippen molar-refractivity contribution in [2.45, 2.75) is 25.7 Å². The third kappa shape index (κ3) is 4.02. The molecule has 2 rings (SSSR count). The summed E-state index contributed by atoms with van der Waals surface area (Å²) in [6.45, 7) is 5.99. The zero-order valence-electron chi connectivity index (χ0n) is 14.7. The van der Waals surface area contributed by atoms with Gasteiger partial charge in [0, 0.05) is 13.1 Å². The number of amides is 1. The van der Waals surface area contributed by atoms with Crippen LogP contribution in [0.1, 0.15) is 30.2 Å². The highest BCUT2D eigenvalue weighted by atomic mass is 32.2. The van der Waals surface area contributed by atoms with Gasteiger partial charge in [-0.05, 0) is 37.3 Å². The van der Waals surface area contributed by atoms with E-state index in [1.165, 1.54) is 29.6 Å². The Hall–Kier alpha value is -2.32. The summed E-state index contributed by atoms with van der Waals surface area (Å²) in [5.74, 6) is 0.616. The highest BCUT2D eigenvalue weighted by molar-refractivity contribution is 7.89. The lowest BCUT2D eigenvalue weighted by molar-refractivity contribution is 0.0995. The van der Waals surface area contributed by atoms with Crippen molar-refractivity contribution in [1.82, 2.24) is 4.31 Å². The first kappa shape index (κ1) is 19.0. The van der Waals surface area contributed by atoms with Crippen molar-refractivity contribution in [2.75, 3.05) is 25.5 Å². The number of rotatable bonds is 7. The molecule has 25 heavy (non-hydrogen) atoms. The molecular formula is C17H22N2O5S. The van der Waals surface area contributed by atoms with Crippen LogP contribution in [0.5, 0.6) is 5.75 Å². The molecule has 0 aliphatic carbocycles. The van der Waals surface area contributed by atoms with Crippen LogP contribution in [0.3, 0.4) is 0 Å². The Balaban J connectivity index is 2.39. The van der Waals surface area contributed by atoms with Crippen molar-refractivity contribution in [3.8, 4) is 5.75 Å². The first-order chi connectivity index (χ1) is 11.8. The molecule has 1 heterocycles. The Labute approximate surface area is 147 Å². The van der Waals surface area contributed by atoms with Crippen LogP contribution >= 0.6 is 0 Å². The van der Waals surface area contributed by atoms with Crippen LogP contribution in [0.15, 0.2) is 39.6 Å². The van der Waals surface area contributed by atoms with E-state index in [1.807, 2.05) is 0 Å². The standard InChI is InChI=1S/C17H22N2O5S/c1-5-19(6-2)25(21,22)13-8-10-15(23-4)14(11-13)18-17(20)16-9-7-12(3)24-16/h7-11H,5-6H2,1-4H3,(H,18,20). The van der Waals surface area contributed by atoms with Crippen LogP contribution in [0.2, 0.25) is 0 Å². The second kappa shape index (κ2) is 7.71. The molecule has 0 spiro atoms. The quantitative estimate of drug-likeness (QED) is 0.814. The largest absolute Gasteiger partial charge is 0.495 e. The molecule has 1 N–H and O–H groups in total. The van der Waals surface area contributed by atoms with Gasteiger partial charge in [-0.3, -0.25) is 4.79 Å². The number of hydrogen-bond donors (Lipinski definition) is 1. The summed E-state index contributed by atoms with van der Waals surface area (Å²) in [6.07, 6.45) is 0. The SMILES string of the molecule is CCN(CC)S(=O)(=O)c1ccc(OC)c(NC(=O)c2ccc(C)o2)c1. The fraction of sp³-hybridized carbons (Fsp3) is 0.353. The van der Waals surface area contributed by atoms with E-state index in [4.69, 9.17) is 9.15 Å². The highest BCUT2D eigenvalue weighted by Crippen LogP contribution is 2.29. The molecule has 136 valence electrons. The number of benzene rings is 1. The first-order valence-corrected chi connectivity index (χ1v) is 9.33. The summed E-state index contributed by atoms with van der Waals surface area (Å²) < 4.78 is 37.2. The Morgan fingerprint density at radius 1 is 1.20 bits per heavy atom. The van der Waals surface area contributed by atoms with Crippen LogP contribution < -0.4 is 10.1 Å². The van der Waals surface area contributed by atoms with Crippen LogP contribution in [0, 0.1) is 6.92 Å². The third-order valence-electron chi connectivity index (χ3n) is 3.73. The molecule has 7 nitrogen and oxygen atoms in total. The molecule has 2 aromatic rings. The monoisotopic (exact) mass is 366 g/mol. The topological polar surface area (TPSA) is 88.9 Å². The molecule has 0 atom stereocenters. The van der Waals surface area contributed by atoms with E-state index in [-0.39, 0.29) is 16.3 Å². The van der Waals surface area contributed by atoms with Gasteiger partial charge in [-0.2, -0.15) is 4.31 Å². The molecule has 1 aromatic carbocycles. The van der Waals surface area contributed by atoms with Crippen molar-refractivity contribution in [1.29, 1.82) is 0 Å². The molecule has 0 fully saturated rings. The van der Waals surface area contributed by atoms with E-state index in [9.17, 15) is 13.2 Å². The lowest BCUT2D eigenvalue weighted by Gasteiger charge is -2.19. The van der Waals surface area contributed by atoms with Gasteiger partial charge in [0.2, 0.25) is 10.0 Å². The van der Waals surface area contributed by atoms with Crippen molar-refractivity contribution >= 4 is 21.6 Å². The number of sulfonamides is 1. The summed E-state index contributed by atoms with van der Waals surface area (Å²) in [5.41, 5.74) is 0.259. The fourth-order valence-electron chi connectivity index (χ4n) is 2.40. The van der Waals surface area contributed by atoms with Gasteiger partial charge >= 0.3 is 0 Å². The minimum absolute atomic E-state index is 0.0860. The molecule has 0 bridgehead atoms. The van der Waals surface area contributed by atoms with E-state index in [1.54, 1.807) is 32.9 Å². The summed E-state index contributed by atoms with van der Waals surface area (Å²) in [6, 6.07) is 7.58. The maximum Gasteiger partial charge on any atom is 0.291 e. The van der Waals surface area contributed by atoms with Crippen molar-refractivity contribution < 1.29 is 22.4 Å². The average molecular weight is 366 g/mol. The molecular weight excluding hydrogens is 344 g/mol. The van der Waals surface area contributed by atoms with Crippen LogP contribution in [-0.4, -0.2) is 38.8 Å².